The number of carbonyl (C=O) groups is 1. The van der Waals surface area contributed by atoms with E-state index in [-0.39, 0.29) is 5.56 Å². The fraction of sp³-hybridized carbons (Fsp3) is 0.208. The number of carbonyl (C=O) groups excluding carboxylic acids is 1. The number of rotatable bonds is 7. The summed E-state index contributed by atoms with van der Waals surface area (Å²) >= 11 is 0. The first-order chi connectivity index (χ1) is 15.5. The quantitative estimate of drug-likeness (QED) is 0.437. The fourth-order valence-corrected chi connectivity index (χ4v) is 3.96. The van der Waals surface area contributed by atoms with Crippen molar-refractivity contribution in [1.29, 1.82) is 5.26 Å². The minimum absolute atomic E-state index is 0.0102. The van der Waals surface area contributed by atoms with Crippen molar-refractivity contribution in [3.63, 3.8) is 0 Å². The van der Waals surface area contributed by atoms with Crippen molar-refractivity contribution in [2.24, 2.45) is 7.05 Å². The zero-order chi connectivity index (χ0) is 22.8. The molecule has 8 heteroatoms. The van der Waals surface area contributed by atoms with Crippen molar-refractivity contribution in [3.05, 3.63) is 59.5 Å². The SMILES string of the molecule is CNCCN(C=O)c1[nH]c(-c2ccc3nn(C)cc3c2)c(-c2ccc(C#N)c(F)c2)c1C. The number of aromatic amines is 1. The maximum Gasteiger partial charge on any atom is 0.215 e. The molecular formula is C24H23FN6O. The van der Waals surface area contributed by atoms with Gasteiger partial charge in [0.15, 0.2) is 0 Å². The molecule has 2 aromatic carbocycles. The van der Waals surface area contributed by atoms with Crippen molar-refractivity contribution in [3.8, 4) is 28.5 Å². The molecule has 0 spiro atoms. The number of nitriles is 1. The Bertz CT molecular complexity index is 1350. The second kappa shape index (κ2) is 8.65. The van der Waals surface area contributed by atoms with Crippen molar-refractivity contribution in [1.82, 2.24) is 20.1 Å². The maximum absolute atomic E-state index is 14.5. The van der Waals surface area contributed by atoms with E-state index >= 15 is 0 Å². The van der Waals surface area contributed by atoms with E-state index in [0.29, 0.717) is 24.5 Å². The molecule has 0 unspecified atom stereocenters. The molecule has 2 heterocycles. The van der Waals surface area contributed by atoms with Crippen molar-refractivity contribution < 1.29 is 9.18 Å². The molecular weight excluding hydrogens is 407 g/mol. The van der Waals surface area contributed by atoms with Gasteiger partial charge in [0.2, 0.25) is 6.41 Å². The first kappa shape index (κ1) is 21.3. The molecule has 0 saturated heterocycles. The van der Waals surface area contributed by atoms with E-state index in [4.69, 9.17) is 5.26 Å². The van der Waals surface area contributed by atoms with Gasteiger partial charge in [0.1, 0.15) is 17.7 Å². The zero-order valence-electron chi connectivity index (χ0n) is 18.1. The molecule has 0 bridgehead atoms. The highest BCUT2D eigenvalue weighted by Crippen LogP contribution is 2.40. The molecule has 0 aliphatic rings. The lowest BCUT2D eigenvalue weighted by Gasteiger charge is -2.16. The summed E-state index contributed by atoms with van der Waals surface area (Å²) in [6, 6.07) is 12.3. The fourth-order valence-electron chi connectivity index (χ4n) is 3.96. The first-order valence-corrected chi connectivity index (χ1v) is 10.2. The molecule has 2 aromatic heterocycles. The Hall–Kier alpha value is -3.96. The number of anilines is 1. The second-order valence-electron chi connectivity index (χ2n) is 7.63. The number of nitrogens with zero attached hydrogens (tertiary/aromatic N) is 4. The summed E-state index contributed by atoms with van der Waals surface area (Å²) in [6.45, 7) is 3.00. The zero-order valence-corrected chi connectivity index (χ0v) is 18.1. The predicted octanol–water partition coefficient (Wildman–Crippen LogP) is 3.74. The average molecular weight is 430 g/mol. The van der Waals surface area contributed by atoms with Gasteiger partial charge in [0.25, 0.3) is 0 Å². The summed E-state index contributed by atoms with van der Waals surface area (Å²) in [4.78, 5) is 16.8. The largest absolute Gasteiger partial charge is 0.340 e. The lowest BCUT2D eigenvalue weighted by molar-refractivity contribution is -0.107. The maximum atomic E-state index is 14.5. The van der Waals surface area contributed by atoms with Crippen molar-refractivity contribution in [2.45, 2.75) is 6.92 Å². The monoisotopic (exact) mass is 430 g/mol. The minimum atomic E-state index is -0.580. The van der Waals surface area contributed by atoms with Gasteiger partial charge >= 0.3 is 0 Å². The van der Waals surface area contributed by atoms with Crippen LogP contribution in [0.25, 0.3) is 33.3 Å². The van der Waals surface area contributed by atoms with Gasteiger partial charge in [-0.3, -0.25) is 14.4 Å². The summed E-state index contributed by atoms with van der Waals surface area (Å²) in [5, 5.41) is 17.5. The number of hydrogen-bond donors (Lipinski definition) is 2. The highest BCUT2D eigenvalue weighted by molar-refractivity contribution is 5.93. The Balaban J connectivity index is 1.94. The van der Waals surface area contributed by atoms with Crippen LogP contribution in [0.5, 0.6) is 0 Å². The van der Waals surface area contributed by atoms with Gasteiger partial charge < -0.3 is 10.3 Å². The number of amides is 1. The predicted molar refractivity (Wildman–Crippen MR) is 123 cm³/mol. The third-order valence-corrected chi connectivity index (χ3v) is 5.53. The van der Waals surface area contributed by atoms with Gasteiger partial charge in [0.05, 0.1) is 16.8 Å². The van der Waals surface area contributed by atoms with Gasteiger partial charge in [-0.05, 0) is 54.9 Å². The number of H-pyrrole nitrogens is 1. The highest BCUT2D eigenvalue weighted by Gasteiger charge is 2.22. The first-order valence-electron chi connectivity index (χ1n) is 10.2. The Labute approximate surface area is 185 Å². The standard InChI is InChI=1S/C24H23FN6O/c1-15-22(16-4-5-18(12-26)20(25)11-16)23(28-24(15)31(14-32)9-8-27-2)17-6-7-21-19(10-17)13-30(3)29-21/h4-7,10-11,13-14,27-28H,8-9H2,1-3H3. The van der Waals surface area contributed by atoms with Gasteiger partial charge in [-0.25, -0.2) is 4.39 Å². The topological polar surface area (TPSA) is 89.7 Å². The summed E-state index contributed by atoms with van der Waals surface area (Å²) in [5.74, 6) is 0.0690. The van der Waals surface area contributed by atoms with Gasteiger partial charge in [0, 0.05) is 37.3 Å². The summed E-state index contributed by atoms with van der Waals surface area (Å²) in [6.07, 6.45) is 2.72. The van der Waals surface area contributed by atoms with Gasteiger partial charge in [-0.15, -0.1) is 0 Å². The summed E-state index contributed by atoms with van der Waals surface area (Å²) < 4.78 is 16.2. The van der Waals surface area contributed by atoms with Gasteiger partial charge in [-0.2, -0.15) is 10.4 Å². The smallest absolute Gasteiger partial charge is 0.215 e. The van der Waals surface area contributed by atoms with Crippen LogP contribution in [0.1, 0.15) is 11.1 Å². The van der Waals surface area contributed by atoms with E-state index in [1.807, 2.05) is 51.5 Å². The lowest BCUT2D eigenvalue weighted by Crippen LogP contribution is -2.30. The molecule has 32 heavy (non-hydrogen) atoms. The molecule has 0 fully saturated rings. The van der Waals surface area contributed by atoms with Crippen LogP contribution in [0.4, 0.5) is 10.2 Å². The Morgan fingerprint density at radius 1 is 1.28 bits per heavy atom. The van der Waals surface area contributed by atoms with Crippen LogP contribution in [0, 0.1) is 24.1 Å². The molecule has 0 atom stereocenters. The number of benzene rings is 2. The number of nitrogens with one attached hydrogen (secondary N) is 2. The van der Waals surface area contributed by atoms with E-state index in [1.54, 1.807) is 15.6 Å². The lowest BCUT2D eigenvalue weighted by atomic mass is 9.96. The average Bonchev–Trinajstić information content (AvgIpc) is 3.32. The molecule has 7 nitrogen and oxygen atoms in total. The number of likely N-dealkylation sites (N-methyl/N-ethyl adjacent to an activating group) is 1. The van der Waals surface area contributed by atoms with Crippen LogP contribution in [0.15, 0.2) is 42.6 Å². The Morgan fingerprint density at radius 3 is 2.75 bits per heavy atom. The van der Waals surface area contributed by atoms with E-state index in [0.717, 1.165) is 39.7 Å². The normalized spacial score (nSPS) is 11.0. The Morgan fingerprint density at radius 2 is 2.06 bits per heavy atom. The van der Waals surface area contributed by atoms with Crippen LogP contribution >= 0.6 is 0 Å². The van der Waals surface area contributed by atoms with Crippen molar-refractivity contribution >= 4 is 23.1 Å². The third-order valence-electron chi connectivity index (χ3n) is 5.53. The van der Waals surface area contributed by atoms with Gasteiger partial charge in [-0.1, -0.05) is 12.1 Å². The molecule has 4 rings (SSSR count). The second-order valence-corrected chi connectivity index (χ2v) is 7.63. The van der Waals surface area contributed by atoms with E-state index in [1.165, 1.54) is 12.1 Å². The van der Waals surface area contributed by atoms with Crippen LogP contribution in [-0.4, -0.2) is 41.3 Å². The van der Waals surface area contributed by atoms with E-state index < -0.39 is 5.82 Å². The molecule has 1 amide bonds. The van der Waals surface area contributed by atoms with E-state index in [9.17, 15) is 9.18 Å². The highest BCUT2D eigenvalue weighted by atomic mass is 19.1. The number of hydrogen-bond acceptors (Lipinski definition) is 4. The molecule has 0 radical (unpaired) electrons. The third kappa shape index (κ3) is 3.74. The van der Waals surface area contributed by atoms with Crippen molar-refractivity contribution in [2.75, 3.05) is 25.0 Å². The molecule has 0 saturated carbocycles. The molecule has 4 aromatic rings. The molecule has 0 aliphatic heterocycles. The Kier molecular flexibility index (Phi) is 5.75. The molecule has 2 N–H and O–H groups in total. The van der Waals surface area contributed by atoms with Crippen LogP contribution in [0.3, 0.4) is 0 Å². The summed E-state index contributed by atoms with van der Waals surface area (Å²) in [5.41, 5.74) is 4.74. The number of aryl methyl sites for hydroxylation is 1. The number of halogens is 1. The minimum Gasteiger partial charge on any atom is -0.340 e. The number of aromatic nitrogens is 3. The molecule has 162 valence electrons. The van der Waals surface area contributed by atoms with Crippen LogP contribution in [-0.2, 0) is 11.8 Å². The molecule has 0 aliphatic carbocycles. The summed E-state index contributed by atoms with van der Waals surface area (Å²) in [7, 11) is 3.69. The van der Waals surface area contributed by atoms with Crippen LogP contribution < -0.4 is 10.2 Å². The van der Waals surface area contributed by atoms with Crippen LogP contribution in [0.2, 0.25) is 0 Å². The number of fused-ring (bicyclic) bond motifs is 1. The van der Waals surface area contributed by atoms with E-state index in [2.05, 4.69) is 15.4 Å².